The van der Waals surface area contributed by atoms with Gasteiger partial charge in [0.05, 0.1) is 12.8 Å². The number of hydrogen-bond acceptors (Lipinski definition) is 6. The van der Waals surface area contributed by atoms with E-state index in [1.807, 2.05) is 24.3 Å². The molecule has 0 aliphatic carbocycles. The fraction of sp³-hybridized carbons (Fsp3) is 0.412. The fourth-order valence-corrected chi connectivity index (χ4v) is 2.03. The number of anilines is 1. The predicted octanol–water partition coefficient (Wildman–Crippen LogP) is 2.88. The molecule has 0 fully saturated rings. The van der Waals surface area contributed by atoms with E-state index < -0.39 is 5.69 Å². The first-order valence-corrected chi connectivity index (χ1v) is 8.14. The van der Waals surface area contributed by atoms with Crippen molar-refractivity contribution in [1.29, 1.82) is 0 Å². The molecule has 2 rings (SSSR count). The van der Waals surface area contributed by atoms with E-state index in [0.717, 1.165) is 24.3 Å². The van der Waals surface area contributed by atoms with E-state index >= 15 is 0 Å². The maximum Gasteiger partial charge on any atom is 0.363 e. The summed E-state index contributed by atoms with van der Waals surface area (Å²) in [7, 11) is 0. The van der Waals surface area contributed by atoms with Crippen LogP contribution in [-0.4, -0.2) is 28.0 Å². The Morgan fingerprint density at radius 3 is 2.79 bits per heavy atom. The summed E-state index contributed by atoms with van der Waals surface area (Å²) in [4.78, 5) is 14.9. The van der Waals surface area contributed by atoms with Crippen molar-refractivity contribution in [3.63, 3.8) is 0 Å². The summed E-state index contributed by atoms with van der Waals surface area (Å²) in [5.41, 5.74) is 3.68. The number of unbranched alkanes of at least 4 members (excludes halogenated alkanes) is 3. The molecule has 0 spiro atoms. The Morgan fingerprint density at radius 1 is 1.25 bits per heavy atom. The molecule has 0 radical (unpaired) electrons. The summed E-state index contributed by atoms with van der Waals surface area (Å²) in [6, 6.07) is 7.67. The summed E-state index contributed by atoms with van der Waals surface area (Å²) in [6.45, 7) is 4.67. The minimum Gasteiger partial charge on any atom is -0.494 e. The van der Waals surface area contributed by atoms with Crippen molar-refractivity contribution in [2.45, 2.75) is 39.5 Å². The lowest BCUT2D eigenvalue weighted by atomic mass is 10.2. The van der Waals surface area contributed by atoms with Crippen molar-refractivity contribution in [1.82, 2.24) is 15.2 Å². The quantitative estimate of drug-likeness (QED) is 0.419. The highest BCUT2D eigenvalue weighted by molar-refractivity contribution is 5.80. The number of nitrogens with one attached hydrogen (secondary N) is 2. The fourth-order valence-electron chi connectivity index (χ4n) is 2.03. The van der Waals surface area contributed by atoms with Gasteiger partial charge in [0.15, 0.2) is 5.82 Å². The lowest BCUT2D eigenvalue weighted by molar-refractivity contribution is 0.305. The molecule has 2 aromatic rings. The van der Waals surface area contributed by atoms with Crippen LogP contribution in [0.25, 0.3) is 0 Å². The molecule has 24 heavy (non-hydrogen) atoms. The Morgan fingerprint density at radius 2 is 2.04 bits per heavy atom. The third-order valence-corrected chi connectivity index (χ3v) is 3.41. The Kier molecular flexibility index (Phi) is 6.94. The van der Waals surface area contributed by atoms with Gasteiger partial charge in [-0.3, -0.25) is 5.43 Å². The number of benzene rings is 1. The minimum atomic E-state index is -0.515. The van der Waals surface area contributed by atoms with Gasteiger partial charge in [0.1, 0.15) is 11.4 Å². The van der Waals surface area contributed by atoms with Crippen molar-refractivity contribution in [2.75, 3.05) is 12.0 Å². The molecule has 7 nitrogen and oxygen atoms in total. The zero-order valence-corrected chi connectivity index (χ0v) is 14.1. The number of hydrazone groups is 1. The van der Waals surface area contributed by atoms with E-state index in [1.165, 1.54) is 19.3 Å². The number of ether oxygens (including phenoxy) is 1. The van der Waals surface area contributed by atoms with E-state index in [1.54, 1.807) is 13.1 Å². The summed E-state index contributed by atoms with van der Waals surface area (Å²) < 4.78 is 5.69. The van der Waals surface area contributed by atoms with Crippen LogP contribution in [0.2, 0.25) is 0 Å². The van der Waals surface area contributed by atoms with Crippen LogP contribution >= 0.6 is 0 Å². The first-order chi connectivity index (χ1) is 11.7. The second-order valence-corrected chi connectivity index (χ2v) is 5.42. The van der Waals surface area contributed by atoms with Gasteiger partial charge >= 0.3 is 5.69 Å². The van der Waals surface area contributed by atoms with Gasteiger partial charge in [-0.2, -0.15) is 15.2 Å². The SMILES string of the molecule is CCCCCCOc1ccc(/C=N\Nc2nc(=O)[nH]nc2C)cc1. The first kappa shape index (κ1) is 17.7. The molecular weight excluding hydrogens is 306 g/mol. The Labute approximate surface area is 141 Å². The van der Waals surface area contributed by atoms with Crippen LogP contribution in [0.1, 0.15) is 43.9 Å². The number of hydrogen-bond donors (Lipinski definition) is 2. The third-order valence-electron chi connectivity index (χ3n) is 3.41. The summed E-state index contributed by atoms with van der Waals surface area (Å²) in [5.74, 6) is 1.19. The Balaban J connectivity index is 1.82. The summed E-state index contributed by atoms with van der Waals surface area (Å²) >= 11 is 0. The highest BCUT2D eigenvalue weighted by atomic mass is 16.5. The van der Waals surface area contributed by atoms with E-state index in [2.05, 4.69) is 32.6 Å². The smallest absolute Gasteiger partial charge is 0.363 e. The van der Waals surface area contributed by atoms with Crippen LogP contribution in [0.4, 0.5) is 5.82 Å². The first-order valence-electron chi connectivity index (χ1n) is 8.14. The van der Waals surface area contributed by atoms with Crippen molar-refractivity contribution >= 4 is 12.0 Å². The standard InChI is InChI=1S/C17H23N5O2/c1-3-4-5-6-11-24-15-9-7-14(8-10-15)12-18-21-16-13(2)20-22-17(23)19-16/h7-10,12H,3-6,11H2,1-2H3,(H2,19,21,22,23)/b18-12-. The zero-order valence-electron chi connectivity index (χ0n) is 14.1. The molecule has 0 saturated heterocycles. The van der Waals surface area contributed by atoms with E-state index in [0.29, 0.717) is 11.5 Å². The number of aryl methyl sites for hydroxylation is 1. The molecule has 1 aromatic carbocycles. The van der Waals surface area contributed by atoms with Gasteiger partial charge in [-0.1, -0.05) is 26.2 Å². The Hall–Kier alpha value is -2.70. The lowest BCUT2D eigenvalue weighted by Gasteiger charge is -2.06. The van der Waals surface area contributed by atoms with Crippen LogP contribution in [0.5, 0.6) is 5.75 Å². The molecule has 1 heterocycles. The second kappa shape index (κ2) is 9.44. The molecule has 0 bridgehead atoms. The van der Waals surface area contributed by atoms with E-state index in [4.69, 9.17) is 4.74 Å². The van der Waals surface area contributed by atoms with Gasteiger partial charge in [0.2, 0.25) is 0 Å². The van der Waals surface area contributed by atoms with Crippen LogP contribution < -0.4 is 15.9 Å². The van der Waals surface area contributed by atoms with Gasteiger partial charge in [-0.05, 0) is 43.2 Å². The molecule has 0 aliphatic heterocycles. The number of aromatic amines is 1. The van der Waals surface area contributed by atoms with E-state index in [9.17, 15) is 4.79 Å². The average molecular weight is 329 g/mol. The zero-order chi connectivity index (χ0) is 17.2. The third kappa shape index (κ3) is 5.83. The van der Waals surface area contributed by atoms with E-state index in [-0.39, 0.29) is 0 Å². The summed E-state index contributed by atoms with van der Waals surface area (Å²) in [6.07, 6.45) is 6.41. The van der Waals surface area contributed by atoms with Crippen LogP contribution in [-0.2, 0) is 0 Å². The molecule has 0 atom stereocenters. The van der Waals surface area contributed by atoms with Crippen LogP contribution in [0, 0.1) is 6.92 Å². The normalized spacial score (nSPS) is 10.9. The molecule has 0 aliphatic rings. The molecule has 0 unspecified atom stereocenters. The van der Waals surface area contributed by atoms with Gasteiger partial charge in [-0.25, -0.2) is 9.89 Å². The maximum absolute atomic E-state index is 11.1. The lowest BCUT2D eigenvalue weighted by Crippen LogP contribution is -2.15. The van der Waals surface area contributed by atoms with Crippen molar-refractivity contribution in [2.24, 2.45) is 5.10 Å². The predicted molar refractivity (Wildman–Crippen MR) is 94.7 cm³/mol. The maximum atomic E-state index is 11.1. The van der Waals surface area contributed by atoms with Gasteiger partial charge in [0, 0.05) is 0 Å². The van der Waals surface area contributed by atoms with Gasteiger partial charge in [-0.15, -0.1) is 0 Å². The molecule has 0 saturated carbocycles. The number of nitrogens with zero attached hydrogens (tertiary/aromatic N) is 3. The van der Waals surface area contributed by atoms with Crippen molar-refractivity contribution < 1.29 is 4.74 Å². The van der Waals surface area contributed by atoms with Crippen LogP contribution in [0.15, 0.2) is 34.2 Å². The molecule has 0 amide bonds. The Bertz CT molecular complexity index is 710. The van der Waals surface area contributed by atoms with Crippen molar-refractivity contribution in [3.8, 4) is 5.75 Å². The monoisotopic (exact) mass is 329 g/mol. The molecule has 7 heteroatoms. The number of aromatic nitrogens is 3. The minimum absolute atomic E-state index is 0.335. The topological polar surface area (TPSA) is 92.3 Å². The number of H-pyrrole nitrogens is 1. The highest BCUT2D eigenvalue weighted by Crippen LogP contribution is 2.12. The van der Waals surface area contributed by atoms with Gasteiger partial charge in [0.25, 0.3) is 0 Å². The summed E-state index contributed by atoms with van der Waals surface area (Å²) in [5, 5.41) is 10.1. The molecule has 128 valence electrons. The van der Waals surface area contributed by atoms with Crippen LogP contribution in [0.3, 0.4) is 0 Å². The largest absolute Gasteiger partial charge is 0.494 e. The molecule has 1 aromatic heterocycles. The highest BCUT2D eigenvalue weighted by Gasteiger charge is 2.00. The number of rotatable bonds is 9. The second-order valence-electron chi connectivity index (χ2n) is 5.42. The van der Waals surface area contributed by atoms with Gasteiger partial charge < -0.3 is 4.74 Å². The van der Waals surface area contributed by atoms with Crippen molar-refractivity contribution in [3.05, 3.63) is 46.0 Å². The molecular formula is C17H23N5O2. The molecule has 2 N–H and O–H groups in total. The average Bonchev–Trinajstić information content (AvgIpc) is 2.59.